The first-order chi connectivity index (χ1) is 21.4. The van der Waals surface area contributed by atoms with Crippen LogP contribution in [0.5, 0.6) is 5.75 Å². The lowest BCUT2D eigenvalue weighted by Crippen LogP contribution is -2.31. The van der Waals surface area contributed by atoms with Crippen molar-refractivity contribution in [2.75, 3.05) is 61.3 Å². The Hall–Kier alpha value is -5.15. The number of carboxylic acids is 1. The number of carboxylic acid groups (broad SMARTS) is 1. The lowest BCUT2D eigenvalue weighted by Gasteiger charge is -2.26. The van der Waals surface area contributed by atoms with Crippen LogP contribution in [0.4, 0.5) is 34.5 Å². The molecule has 0 radical (unpaired) electrons. The van der Waals surface area contributed by atoms with Crippen LogP contribution in [-0.2, 0) is 10.2 Å². The highest BCUT2D eigenvalue weighted by atomic mass is 16.5. The summed E-state index contributed by atoms with van der Waals surface area (Å²) in [6.45, 7) is 11.5. The number of benzene rings is 1. The van der Waals surface area contributed by atoms with Crippen molar-refractivity contribution in [1.82, 2.24) is 19.9 Å². The van der Waals surface area contributed by atoms with Gasteiger partial charge in [0.05, 0.1) is 35.6 Å². The van der Waals surface area contributed by atoms with Crippen LogP contribution in [0, 0.1) is 11.8 Å². The van der Waals surface area contributed by atoms with Crippen LogP contribution >= 0.6 is 0 Å². The summed E-state index contributed by atoms with van der Waals surface area (Å²) in [6, 6.07) is 7.72. The Balaban J connectivity index is 1.55. The van der Waals surface area contributed by atoms with Gasteiger partial charge in [0.25, 0.3) is 0 Å². The molecule has 12 nitrogen and oxygen atoms in total. The van der Waals surface area contributed by atoms with Gasteiger partial charge < -0.3 is 35.2 Å². The number of nitrogens with zero attached hydrogens (tertiary/aromatic N) is 6. The first-order valence-electron chi connectivity index (χ1n) is 14.6. The maximum atomic E-state index is 12.4. The van der Waals surface area contributed by atoms with Crippen LogP contribution in [0.2, 0.25) is 0 Å². The highest BCUT2D eigenvalue weighted by Crippen LogP contribution is 2.44. The highest BCUT2D eigenvalue weighted by Gasteiger charge is 2.39. The largest absolute Gasteiger partial charge is 0.494 e. The Labute approximate surface area is 263 Å². The van der Waals surface area contributed by atoms with Gasteiger partial charge in [-0.05, 0) is 57.6 Å². The zero-order valence-corrected chi connectivity index (χ0v) is 26.4. The van der Waals surface area contributed by atoms with Crippen molar-refractivity contribution in [1.29, 1.82) is 0 Å². The molecule has 1 atom stereocenters. The first-order valence-corrected chi connectivity index (χ1v) is 14.6. The monoisotopic (exact) mass is 610 g/mol. The Bertz CT molecular complexity index is 1730. The van der Waals surface area contributed by atoms with Gasteiger partial charge in [0.1, 0.15) is 17.0 Å². The summed E-state index contributed by atoms with van der Waals surface area (Å²) in [6.07, 6.45) is 3.49. The minimum Gasteiger partial charge on any atom is -0.494 e. The van der Waals surface area contributed by atoms with Gasteiger partial charge in [-0.3, -0.25) is 4.79 Å². The molecule has 3 aromatic rings. The average Bonchev–Trinajstić information content (AvgIpc) is 3.60. The normalized spacial score (nSPS) is 16.6. The summed E-state index contributed by atoms with van der Waals surface area (Å²) < 4.78 is 5.76. The van der Waals surface area contributed by atoms with Gasteiger partial charge in [-0.1, -0.05) is 26.3 Å². The summed E-state index contributed by atoms with van der Waals surface area (Å²) in [5.41, 5.74) is 3.64. The molecule has 1 amide bonds. The highest BCUT2D eigenvalue weighted by molar-refractivity contribution is 6.02. The molecule has 1 fully saturated rings. The molecule has 1 saturated heterocycles. The van der Waals surface area contributed by atoms with Crippen LogP contribution in [0.15, 0.2) is 43.1 Å². The fourth-order valence-electron chi connectivity index (χ4n) is 5.78. The summed E-state index contributed by atoms with van der Waals surface area (Å²) in [4.78, 5) is 44.8. The van der Waals surface area contributed by atoms with Gasteiger partial charge >= 0.3 is 5.97 Å². The first kappa shape index (κ1) is 31.3. The van der Waals surface area contributed by atoms with E-state index in [9.17, 15) is 14.7 Å². The van der Waals surface area contributed by atoms with Crippen molar-refractivity contribution in [2.24, 2.45) is 0 Å². The summed E-state index contributed by atoms with van der Waals surface area (Å²) in [5.74, 6) is 5.26. The second-order valence-corrected chi connectivity index (χ2v) is 11.9. The number of pyridine rings is 1. The Morgan fingerprint density at radius 1 is 1.20 bits per heavy atom. The van der Waals surface area contributed by atoms with Crippen LogP contribution < -0.4 is 25.2 Å². The van der Waals surface area contributed by atoms with Gasteiger partial charge in [0.2, 0.25) is 11.9 Å². The van der Waals surface area contributed by atoms with E-state index in [4.69, 9.17) is 14.7 Å². The minimum absolute atomic E-state index is 0.0487. The van der Waals surface area contributed by atoms with E-state index < -0.39 is 11.4 Å². The molecule has 0 bridgehead atoms. The number of amides is 1. The summed E-state index contributed by atoms with van der Waals surface area (Å²) in [5, 5.41) is 16.2. The predicted octanol–water partition coefficient (Wildman–Crippen LogP) is 4.39. The fraction of sp³-hybridized carbons (Fsp3) is 0.364. The van der Waals surface area contributed by atoms with Gasteiger partial charge in [-0.2, -0.15) is 4.98 Å². The Kier molecular flexibility index (Phi) is 8.66. The number of carbonyl (C=O) groups is 2. The molecule has 0 saturated carbocycles. The average molecular weight is 611 g/mol. The molecule has 2 aliphatic heterocycles. The number of rotatable bonds is 9. The molecule has 2 aliphatic rings. The quantitative estimate of drug-likeness (QED) is 0.235. The van der Waals surface area contributed by atoms with E-state index in [0.717, 1.165) is 36.6 Å². The standard InChI is InChI=1S/C33H38N8O4/c1-8-10-20-11-12-25-29(35-20)33(3,4)19-41(25)30-22(31(43)44)17-34-32(38-30)37-24-15-23(36-28(42)9-2)26(16-27(24)45-7)40-14-13-21(18-40)39(5)6/h9,11-12,15-17,21H,2,13-14,18-19H2,1,3-7H3,(H,36,42)(H,43,44)(H,34,37,38)/t21-/m1/s1. The maximum absolute atomic E-state index is 12.4. The van der Waals surface area contributed by atoms with E-state index in [1.54, 1.807) is 20.1 Å². The Morgan fingerprint density at radius 3 is 2.62 bits per heavy atom. The lowest BCUT2D eigenvalue weighted by molar-refractivity contribution is -0.111. The van der Waals surface area contributed by atoms with Gasteiger partial charge in [-0.15, -0.1) is 0 Å². The van der Waals surface area contributed by atoms with Crippen LogP contribution in [0.1, 0.15) is 48.9 Å². The maximum Gasteiger partial charge on any atom is 0.341 e. The predicted molar refractivity (Wildman–Crippen MR) is 175 cm³/mol. The number of likely N-dealkylation sites (N-methyl/N-ethyl adjacent to an activating group) is 1. The van der Waals surface area contributed by atoms with Crippen LogP contribution in [-0.4, -0.2) is 83.7 Å². The van der Waals surface area contributed by atoms with E-state index in [-0.39, 0.29) is 23.2 Å². The lowest BCUT2D eigenvalue weighted by atomic mass is 9.91. The second-order valence-electron chi connectivity index (χ2n) is 11.9. The molecular formula is C33H38N8O4. The van der Waals surface area contributed by atoms with Crippen LogP contribution in [0.25, 0.3) is 0 Å². The van der Waals surface area contributed by atoms with Crippen LogP contribution in [0.3, 0.4) is 0 Å². The van der Waals surface area contributed by atoms with Gasteiger partial charge in [0, 0.05) is 43.4 Å². The fourth-order valence-corrected chi connectivity index (χ4v) is 5.78. The molecule has 0 spiro atoms. The second kappa shape index (κ2) is 12.5. The van der Waals surface area contributed by atoms with Crippen molar-refractivity contribution in [3.05, 3.63) is 60.1 Å². The van der Waals surface area contributed by atoms with Crippen molar-refractivity contribution in [3.63, 3.8) is 0 Å². The summed E-state index contributed by atoms with van der Waals surface area (Å²) >= 11 is 0. The molecule has 2 aromatic heterocycles. The number of carbonyl (C=O) groups excluding carboxylic acids is 1. The molecule has 3 N–H and O–H groups in total. The third kappa shape index (κ3) is 6.25. The van der Waals surface area contributed by atoms with Crippen molar-refractivity contribution in [2.45, 2.75) is 38.6 Å². The van der Waals surface area contributed by atoms with Crippen molar-refractivity contribution >= 4 is 46.4 Å². The molecule has 5 rings (SSSR count). The third-order valence-corrected chi connectivity index (χ3v) is 8.11. The van der Waals surface area contributed by atoms with Crippen molar-refractivity contribution < 1.29 is 19.4 Å². The number of nitrogens with one attached hydrogen (secondary N) is 2. The molecule has 4 heterocycles. The van der Waals surface area contributed by atoms with Gasteiger partial charge in [0.15, 0.2) is 5.82 Å². The van der Waals surface area contributed by atoms with E-state index in [2.05, 4.69) is 71.8 Å². The number of anilines is 6. The zero-order chi connectivity index (χ0) is 32.5. The molecule has 12 heteroatoms. The molecule has 0 unspecified atom stereocenters. The number of methoxy groups -OCH3 is 1. The zero-order valence-electron chi connectivity index (χ0n) is 26.4. The Morgan fingerprint density at radius 2 is 1.98 bits per heavy atom. The SMILES string of the molecule is C=CC(=O)Nc1cc(Nc2ncc(C(=O)O)c(N3CC(C)(C)c4nc(C#CC)ccc43)n2)c(OC)cc1N1CC[C@@H](N(C)C)C1. The number of aromatic carboxylic acids is 1. The number of hydrogen-bond donors (Lipinski definition) is 3. The van der Waals surface area contributed by atoms with E-state index in [0.29, 0.717) is 35.4 Å². The summed E-state index contributed by atoms with van der Waals surface area (Å²) in [7, 11) is 5.68. The van der Waals surface area contributed by atoms with E-state index >= 15 is 0 Å². The molecule has 234 valence electrons. The van der Waals surface area contributed by atoms with Crippen molar-refractivity contribution in [3.8, 4) is 17.6 Å². The molecular weight excluding hydrogens is 572 g/mol. The topological polar surface area (TPSA) is 136 Å². The number of fused-ring (bicyclic) bond motifs is 1. The number of ether oxygens (including phenoxy) is 1. The minimum atomic E-state index is -1.15. The molecule has 0 aliphatic carbocycles. The number of hydrogen-bond acceptors (Lipinski definition) is 10. The number of aromatic nitrogens is 3. The smallest absolute Gasteiger partial charge is 0.341 e. The van der Waals surface area contributed by atoms with E-state index in [1.165, 1.54) is 12.3 Å². The van der Waals surface area contributed by atoms with Gasteiger partial charge in [-0.25, -0.2) is 14.8 Å². The van der Waals surface area contributed by atoms with E-state index in [1.807, 2.05) is 23.1 Å². The third-order valence-electron chi connectivity index (χ3n) is 8.11. The molecule has 1 aromatic carbocycles. The molecule has 45 heavy (non-hydrogen) atoms.